The maximum atomic E-state index is 11.7. The molecule has 90 valence electrons. The molecule has 0 aliphatic heterocycles. The molecule has 5 nitrogen and oxygen atoms in total. The van der Waals surface area contributed by atoms with Crippen LogP contribution in [0.15, 0.2) is 0 Å². The van der Waals surface area contributed by atoms with Crippen LogP contribution in [0, 0.1) is 5.41 Å². The Morgan fingerprint density at radius 1 is 1.47 bits per heavy atom. The minimum Gasteiger partial charge on any atom is -0.330 e. The summed E-state index contributed by atoms with van der Waals surface area (Å²) >= 11 is 0. The first-order valence-electron chi connectivity index (χ1n) is 5.20. The zero-order chi connectivity index (χ0) is 11.7. The van der Waals surface area contributed by atoms with Gasteiger partial charge in [0.05, 0.1) is 0 Å². The molecule has 0 aromatic heterocycles. The van der Waals surface area contributed by atoms with Crippen LogP contribution in [0.2, 0.25) is 0 Å². The third-order valence-corrected chi connectivity index (χ3v) is 4.09. The summed E-state index contributed by atoms with van der Waals surface area (Å²) in [4.78, 5) is 0. The van der Waals surface area contributed by atoms with Gasteiger partial charge < -0.3 is 5.73 Å². The topological polar surface area (TPSA) is 75.4 Å². The van der Waals surface area contributed by atoms with Crippen LogP contribution in [0.5, 0.6) is 0 Å². The van der Waals surface area contributed by atoms with Crippen LogP contribution in [0.25, 0.3) is 0 Å². The largest absolute Gasteiger partial charge is 0.330 e. The molecule has 6 heteroatoms. The Bertz CT molecular complexity index is 309. The van der Waals surface area contributed by atoms with E-state index in [1.54, 1.807) is 7.05 Å². The minimum absolute atomic E-state index is 0.151. The van der Waals surface area contributed by atoms with Gasteiger partial charge in [0.25, 0.3) is 10.2 Å². The molecule has 1 saturated carbocycles. The molecule has 0 aromatic carbocycles. The Morgan fingerprint density at radius 2 is 2.00 bits per heavy atom. The van der Waals surface area contributed by atoms with Gasteiger partial charge in [-0.3, -0.25) is 0 Å². The lowest BCUT2D eigenvalue weighted by Crippen LogP contribution is -2.45. The van der Waals surface area contributed by atoms with Crippen molar-refractivity contribution in [2.75, 3.05) is 20.1 Å². The zero-order valence-electron chi connectivity index (χ0n) is 9.66. The fraction of sp³-hybridized carbons (Fsp3) is 1.00. The summed E-state index contributed by atoms with van der Waals surface area (Å²) in [5.41, 5.74) is 5.38. The lowest BCUT2D eigenvalue weighted by atomic mass is 9.94. The maximum Gasteiger partial charge on any atom is 0.279 e. The third kappa shape index (κ3) is 4.06. The van der Waals surface area contributed by atoms with E-state index in [0.29, 0.717) is 13.1 Å². The quantitative estimate of drug-likeness (QED) is 0.675. The molecule has 0 atom stereocenters. The van der Waals surface area contributed by atoms with Crippen molar-refractivity contribution in [3.63, 3.8) is 0 Å². The van der Waals surface area contributed by atoms with E-state index in [1.165, 1.54) is 4.31 Å². The van der Waals surface area contributed by atoms with Crippen LogP contribution in [-0.4, -0.2) is 38.9 Å². The Morgan fingerprint density at radius 3 is 2.40 bits per heavy atom. The number of hydrogen-bond donors (Lipinski definition) is 2. The normalized spacial score (nSPS) is 18.5. The van der Waals surface area contributed by atoms with E-state index in [-0.39, 0.29) is 11.5 Å². The highest BCUT2D eigenvalue weighted by molar-refractivity contribution is 7.87. The molecule has 0 saturated heterocycles. The van der Waals surface area contributed by atoms with Gasteiger partial charge in [-0.2, -0.15) is 17.4 Å². The second kappa shape index (κ2) is 4.37. The lowest BCUT2D eigenvalue weighted by Gasteiger charge is -2.28. The first kappa shape index (κ1) is 12.9. The van der Waals surface area contributed by atoms with Gasteiger partial charge in [0, 0.05) is 19.6 Å². The Hall–Kier alpha value is -0.170. The zero-order valence-corrected chi connectivity index (χ0v) is 10.5. The van der Waals surface area contributed by atoms with Crippen LogP contribution >= 0.6 is 0 Å². The Labute approximate surface area is 92.2 Å². The summed E-state index contributed by atoms with van der Waals surface area (Å²) in [6.45, 7) is 4.81. The minimum atomic E-state index is -3.31. The smallest absolute Gasteiger partial charge is 0.279 e. The molecule has 0 amide bonds. The van der Waals surface area contributed by atoms with Gasteiger partial charge >= 0.3 is 0 Å². The van der Waals surface area contributed by atoms with E-state index in [0.717, 1.165) is 12.8 Å². The molecule has 3 N–H and O–H groups in total. The van der Waals surface area contributed by atoms with E-state index in [2.05, 4.69) is 4.72 Å². The molecule has 0 heterocycles. The van der Waals surface area contributed by atoms with Gasteiger partial charge in [-0.15, -0.1) is 0 Å². The first-order valence-corrected chi connectivity index (χ1v) is 6.64. The lowest BCUT2D eigenvalue weighted by molar-refractivity contribution is 0.289. The summed E-state index contributed by atoms with van der Waals surface area (Å²) in [5, 5.41) is 0. The second-order valence-electron chi connectivity index (χ2n) is 5.02. The molecule has 0 unspecified atom stereocenters. The first-order chi connectivity index (χ1) is 6.77. The average Bonchev–Trinajstić information content (AvgIpc) is 2.87. The molecular weight excluding hydrogens is 214 g/mol. The Kier molecular flexibility index (Phi) is 3.76. The molecule has 15 heavy (non-hydrogen) atoms. The molecule has 1 aliphatic carbocycles. The van der Waals surface area contributed by atoms with Crippen LogP contribution in [0.1, 0.15) is 26.7 Å². The van der Waals surface area contributed by atoms with Gasteiger partial charge in [0.1, 0.15) is 0 Å². The van der Waals surface area contributed by atoms with Crippen LogP contribution in [0.4, 0.5) is 0 Å². The van der Waals surface area contributed by atoms with Crippen molar-refractivity contribution in [3.8, 4) is 0 Å². The monoisotopic (exact) mass is 235 g/mol. The summed E-state index contributed by atoms with van der Waals surface area (Å²) < 4.78 is 27.5. The van der Waals surface area contributed by atoms with Crippen molar-refractivity contribution >= 4 is 10.2 Å². The fourth-order valence-electron chi connectivity index (χ4n) is 1.25. The predicted octanol–water partition coefficient (Wildman–Crippen LogP) is -0.100. The molecule has 1 rings (SSSR count). The van der Waals surface area contributed by atoms with Crippen LogP contribution in [-0.2, 0) is 10.2 Å². The molecule has 0 radical (unpaired) electrons. The molecule has 0 aromatic rings. The van der Waals surface area contributed by atoms with E-state index in [1.807, 2.05) is 13.8 Å². The highest BCUT2D eigenvalue weighted by Gasteiger charge is 2.31. The number of hydrogen-bond acceptors (Lipinski definition) is 3. The van der Waals surface area contributed by atoms with Gasteiger partial charge in [-0.25, -0.2) is 0 Å². The van der Waals surface area contributed by atoms with Crippen molar-refractivity contribution in [1.29, 1.82) is 0 Å². The van der Waals surface area contributed by atoms with Gasteiger partial charge in [0.2, 0.25) is 0 Å². The van der Waals surface area contributed by atoms with Gasteiger partial charge in [-0.05, 0) is 24.8 Å². The van der Waals surface area contributed by atoms with Crippen molar-refractivity contribution in [1.82, 2.24) is 9.03 Å². The molecule has 0 spiro atoms. The number of nitrogens with one attached hydrogen (secondary N) is 1. The summed E-state index contributed by atoms with van der Waals surface area (Å²) in [6.07, 6.45) is 1.90. The molecule has 0 bridgehead atoms. The number of rotatable bonds is 6. The predicted molar refractivity (Wildman–Crippen MR) is 60.5 cm³/mol. The van der Waals surface area contributed by atoms with Gasteiger partial charge in [0.15, 0.2) is 0 Å². The van der Waals surface area contributed by atoms with Crippen molar-refractivity contribution < 1.29 is 8.42 Å². The SMILES string of the molecule is CN(CC(C)(C)CN)S(=O)(=O)NC1CC1. The van der Waals surface area contributed by atoms with E-state index < -0.39 is 10.2 Å². The summed E-state index contributed by atoms with van der Waals surface area (Å²) in [7, 11) is -1.73. The third-order valence-electron chi connectivity index (χ3n) is 2.51. The summed E-state index contributed by atoms with van der Waals surface area (Å²) in [6, 6.07) is 0.151. The maximum absolute atomic E-state index is 11.7. The van der Waals surface area contributed by atoms with E-state index in [9.17, 15) is 8.42 Å². The average molecular weight is 235 g/mol. The highest BCUT2D eigenvalue weighted by atomic mass is 32.2. The van der Waals surface area contributed by atoms with Crippen molar-refractivity contribution in [3.05, 3.63) is 0 Å². The van der Waals surface area contributed by atoms with Crippen molar-refractivity contribution in [2.24, 2.45) is 11.1 Å². The summed E-state index contributed by atoms with van der Waals surface area (Å²) in [5.74, 6) is 0. The van der Waals surface area contributed by atoms with Gasteiger partial charge in [-0.1, -0.05) is 13.8 Å². The van der Waals surface area contributed by atoms with Crippen LogP contribution in [0.3, 0.4) is 0 Å². The number of nitrogens with two attached hydrogens (primary N) is 1. The molecular formula is C9H21N3O2S. The molecule has 1 aliphatic rings. The fourth-order valence-corrected chi connectivity index (χ4v) is 2.61. The van der Waals surface area contributed by atoms with E-state index >= 15 is 0 Å². The standard InChI is InChI=1S/C9H21N3O2S/c1-9(2,6-10)7-12(3)15(13,14)11-8-4-5-8/h8,11H,4-7,10H2,1-3H3. The van der Waals surface area contributed by atoms with E-state index in [4.69, 9.17) is 5.73 Å². The van der Waals surface area contributed by atoms with Crippen molar-refractivity contribution in [2.45, 2.75) is 32.7 Å². The molecule has 1 fully saturated rings. The second-order valence-corrected chi connectivity index (χ2v) is 6.83. The van der Waals surface area contributed by atoms with Crippen LogP contribution < -0.4 is 10.5 Å². The highest BCUT2D eigenvalue weighted by Crippen LogP contribution is 2.21. The Balaban J connectivity index is 2.54. The number of nitrogens with zero attached hydrogens (tertiary/aromatic N) is 1.